The zero-order valence-corrected chi connectivity index (χ0v) is 16.7. The van der Waals surface area contributed by atoms with Crippen LogP contribution in [0.15, 0.2) is 36.5 Å². The van der Waals surface area contributed by atoms with Crippen LogP contribution in [0.1, 0.15) is 30.7 Å². The van der Waals surface area contributed by atoms with Crippen molar-refractivity contribution in [3.05, 3.63) is 53.5 Å². The molecule has 2 fully saturated rings. The van der Waals surface area contributed by atoms with E-state index >= 15 is 0 Å². The first-order valence-corrected chi connectivity index (χ1v) is 10.5. The van der Waals surface area contributed by atoms with E-state index in [0.29, 0.717) is 24.7 Å². The summed E-state index contributed by atoms with van der Waals surface area (Å²) in [7, 11) is 0. The number of piperidine rings is 1. The van der Waals surface area contributed by atoms with Crippen molar-refractivity contribution in [1.82, 2.24) is 19.9 Å². The minimum atomic E-state index is -0.346. The second-order valence-electron chi connectivity index (χ2n) is 8.12. The van der Waals surface area contributed by atoms with Crippen LogP contribution in [-0.4, -0.2) is 45.4 Å². The van der Waals surface area contributed by atoms with Gasteiger partial charge >= 0.3 is 0 Å². The molecule has 3 heterocycles. The van der Waals surface area contributed by atoms with E-state index in [-0.39, 0.29) is 12.0 Å². The number of benzene rings is 1. The average Bonchev–Trinajstić information content (AvgIpc) is 3.52. The number of fused-ring (bicyclic) bond motifs is 1. The van der Waals surface area contributed by atoms with Crippen LogP contribution in [0.25, 0.3) is 10.5 Å². The molecule has 1 aliphatic carbocycles. The van der Waals surface area contributed by atoms with Crippen molar-refractivity contribution in [2.45, 2.75) is 31.3 Å². The Morgan fingerprint density at radius 1 is 1.27 bits per heavy atom. The maximum Gasteiger partial charge on any atom is 0.189 e. The monoisotopic (exact) mass is 403 g/mol. The van der Waals surface area contributed by atoms with Gasteiger partial charge in [-0.05, 0) is 43.9 Å². The highest BCUT2D eigenvalue weighted by molar-refractivity contribution is 5.68. The van der Waals surface area contributed by atoms with Gasteiger partial charge in [0.15, 0.2) is 11.3 Å². The van der Waals surface area contributed by atoms with Crippen LogP contribution in [0.2, 0.25) is 0 Å². The van der Waals surface area contributed by atoms with Crippen LogP contribution in [0.3, 0.4) is 0 Å². The topological polar surface area (TPSA) is 90.9 Å². The number of aromatic nitrogens is 3. The highest BCUT2D eigenvalue weighted by Crippen LogP contribution is 2.42. The molecule has 8 nitrogen and oxygen atoms in total. The van der Waals surface area contributed by atoms with E-state index in [0.717, 1.165) is 35.9 Å². The highest BCUT2D eigenvalue weighted by atomic mass is 16.3. The molecule has 0 unspecified atom stereocenters. The molecular formula is C22H25N7O. The summed E-state index contributed by atoms with van der Waals surface area (Å²) >= 11 is 0. The summed E-state index contributed by atoms with van der Waals surface area (Å²) in [6.45, 7) is 9.48. The van der Waals surface area contributed by atoms with Gasteiger partial charge in [0.1, 0.15) is 11.6 Å². The number of β-amino-alcohol motifs (C(OH)–C–C–N with tert-alkyl or cyclic N) is 1. The third-order valence-electron chi connectivity index (χ3n) is 5.90. The van der Waals surface area contributed by atoms with Gasteiger partial charge in [-0.2, -0.15) is 9.61 Å². The van der Waals surface area contributed by atoms with E-state index in [2.05, 4.69) is 25.9 Å². The average molecular weight is 403 g/mol. The molecule has 2 atom stereocenters. The number of nitrogens with one attached hydrogen (secondary N) is 3. The molecule has 1 aromatic carbocycles. The van der Waals surface area contributed by atoms with Crippen LogP contribution >= 0.6 is 0 Å². The fourth-order valence-electron chi connectivity index (χ4n) is 4.01. The lowest BCUT2D eigenvalue weighted by Gasteiger charge is -2.28. The van der Waals surface area contributed by atoms with E-state index in [1.54, 1.807) is 6.07 Å². The lowest BCUT2D eigenvalue weighted by molar-refractivity contribution is 0.0883. The Morgan fingerprint density at radius 3 is 2.97 bits per heavy atom. The van der Waals surface area contributed by atoms with Gasteiger partial charge in [-0.3, -0.25) is 0 Å². The molecule has 1 saturated heterocycles. The Bertz CT molecular complexity index is 1100. The second-order valence-corrected chi connectivity index (χ2v) is 8.12. The van der Waals surface area contributed by atoms with Gasteiger partial charge in [0.25, 0.3) is 0 Å². The molecule has 0 amide bonds. The first-order chi connectivity index (χ1) is 14.7. The van der Waals surface area contributed by atoms with E-state index in [1.807, 2.05) is 35.0 Å². The molecule has 1 aliphatic heterocycles. The fourth-order valence-corrected chi connectivity index (χ4v) is 4.01. The van der Waals surface area contributed by atoms with Gasteiger partial charge < -0.3 is 21.1 Å². The predicted molar refractivity (Wildman–Crippen MR) is 116 cm³/mol. The molecule has 0 spiro atoms. The lowest BCUT2D eigenvalue weighted by atomic mass is 9.95. The van der Waals surface area contributed by atoms with Crippen molar-refractivity contribution < 1.29 is 5.11 Å². The molecule has 3 aromatic rings. The minimum absolute atomic E-state index is 0.198. The van der Waals surface area contributed by atoms with Gasteiger partial charge in [-0.15, -0.1) is 0 Å². The van der Waals surface area contributed by atoms with E-state index in [4.69, 9.17) is 11.6 Å². The molecule has 154 valence electrons. The van der Waals surface area contributed by atoms with Gasteiger partial charge in [0.05, 0.1) is 18.9 Å². The number of aliphatic hydroxyl groups is 1. The largest absolute Gasteiger partial charge is 0.391 e. The summed E-state index contributed by atoms with van der Waals surface area (Å²) in [6.07, 6.45) is 4.86. The van der Waals surface area contributed by atoms with Gasteiger partial charge in [0.2, 0.25) is 0 Å². The van der Waals surface area contributed by atoms with Crippen LogP contribution in [0.5, 0.6) is 0 Å². The molecule has 8 heteroatoms. The normalized spacial score (nSPS) is 21.3. The van der Waals surface area contributed by atoms with Crippen molar-refractivity contribution in [3.8, 4) is 0 Å². The Hall–Kier alpha value is -3.15. The maximum atomic E-state index is 10.2. The number of rotatable bonds is 6. The molecule has 5 rings (SSSR count). The minimum Gasteiger partial charge on any atom is -0.391 e. The summed E-state index contributed by atoms with van der Waals surface area (Å²) in [5.74, 6) is 2.29. The van der Waals surface area contributed by atoms with Crippen LogP contribution in [0, 0.1) is 12.5 Å². The number of aliphatic hydroxyl groups excluding tert-OH is 1. The van der Waals surface area contributed by atoms with E-state index < -0.39 is 0 Å². The number of hydrogen-bond acceptors (Lipinski definition) is 6. The third-order valence-corrected chi connectivity index (χ3v) is 5.90. The second kappa shape index (κ2) is 7.94. The van der Waals surface area contributed by atoms with E-state index in [9.17, 15) is 5.11 Å². The van der Waals surface area contributed by atoms with Crippen molar-refractivity contribution in [3.63, 3.8) is 0 Å². The van der Waals surface area contributed by atoms with Gasteiger partial charge in [-0.1, -0.05) is 12.1 Å². The molecule has 30 heavy (non-hydrogen) atoms. The third kappa shape index (κ3) is 3.82. The summed E-state index contributed by atoms with van der Waals surface area (Å²) in [4.78, 5) is 8.36. The van der Waals surface area contributed by atoms with Gasteiger partial charge in [-0.25, -0.2) is 9.83 Å². The Kier molecular flexibility index (Phi) is 4.99. The summed E-state index contributed by atoms with van der Waals surface area (Å²) in [5.41, 5.74) is 3.46. The number of hydrogen-bond donors (Lipinski definition) is 4. The fraction of sp³-hybridized carbons (Fsp3) is 0.409. The highest BCUT2D eigenvalue weighted by Gasteiger charge is 2.28. The first kappa shape index (κ1) is 18.9. The van der Waals surface area contributed by atoms with E-state index in [1.165, 1.54) is 18.4 Å². The maximum absolute atomic E-state index is 10.2. The summed E-state index contributed by atoms with van der Waals surface area (Å²) < 4.78 is 1.84. The number of nitrogens with zero attached hydrogens (tertiary/aromatic N) is 4. The predicted octanol–water partition coefficient (Wildman–Crippen LogP) is 3.28. The van der Waals surface area contributed by atoms with Crippen molar-refractivity contribution in [2.75, 3.05) is 30.3 Å². The molecule has 2 aromatic heterocycles. The van der Waals surface area contributed by atoms with Crippen molar-refractivity contribution in [1.29, 1.82) is 0 Å². The molecule has 0 radical (unpaired) electrons. The quantitative estimate of drug-likeness (QED) is 0.472. The van der Waals surface area contributed by atoms with Crippen molar-refractivity contribution in [2.24, 2.45) is 5.92 Å². The molecule has 0 bridgehead atoms. The smallest absolute Gasteiger partial charge is 0.189 e. The summed E-state index contributed by atoms with van der Waals surface area (Å²) in [6, 6.07) is 9.35. The Labute approximate surface area is 175 Å². The SMILES string of the molecule is [C-]#[N+]c1cccc(Nc2cc(NC[C@@H]3CCNC[C@H]3O)nc3c(C4CC4)cnn23)c1. The zero-order chi connectivity index (χ0) is 20.5. The Balaban J connectivity index is 1.46. The van der Waals surface area contributed by atoms with Crippen LogP contribution < -0.4 is 16.0 Å². The molecular weight excluding hydrogens is 378 g/mol. The zero-order valence-electron chi connectivity index (χ0n) is 16.7. The summed E-state index contributed by atoms with van der Waals surface area (Å²) in [5, 5.41) is 24.9. The molecule has 4 N–H and O–H groups in total. The van der Waals surface area contributed by atoms with Gasteiger partial charge in [0, 0.05) is 36.3 Å². The standard InChI is InChI=1S/C22H25N7O/c1-23-16-3-2-4-17(9-16)27-21-10-20(25-11-15-7-8-24-13-19(15)30)28-22-18(14-5-6-14)12-26-29(21)22/h2-4,9-10,12,14-15,19,24,27,30H,5-8,11,13H2,(H,25,28)/t15-,19+/m0/s1. The Morgan fingerprint density at radius 2 is 2.17 bits per heavy atom. The van der Waals surface area contributed by atoms with Crippen LogP contribution in [0.4, 0.5) is 23.0 Å². The van der Waals surface area contributed by atoms with Crippen molar-refractivity contribution >= 4 is 28.7 Å². The number of anilines is 3. The first-order valence-electron chi connectivity index (χ1n) is 10.5. The van der Waals surface area contributed by atoms with Crippen LogP contribution in [-0.2, 0) is 0 Å². The lowest BCUT2D eigenvalue weighted by Crippen LogP contribution is -2.43. The molecule has 1 saturated carbocycles. The molecule has 2 aliphatic rings.